The third kappa shape index (κ3) is 3.58. The van der Waals surface area contributed by atoms with Crippen LogP contribution in [0.5, 0.6) is 0 Å². The molecular weight excluding hydrogens is 356 g/mol. The van der Waals surface area contributed by atoms with E-state index < -0.39 is 0 Å². The predicted octanol–water partition coefficient (Wildman–Crippen LogP) is 1.44. The lowest BCUT2D eigenvalue weighted by Crippen LogP contribution is -2.39. The van der Waals surface area contributed by atoms with Gasteiger partial charge in [-0.05, 0) is 30.5 Å². The van der Waals surface area contributed by atoms with Crippen LogP contribution in [0.1, 0.15) is 40.6 Å². The summed E-state index contributed by atoms with van der Waals surface area (Å²) >= 11 is 0. The lowest BCUT2D eigenvalue weighted by molar-refractivity contribution is 0.0703. The molecule has 0 atom stereocenters. The highest BCUT2D eigenvalue weighted by Gasteiger charge is 2.29. The molecule has 1 aliphatic rings. The summed E-state index contributed by atoms with van der Waals surface area (Å²) in [6, 6.07) is 13.3. The maximum absolute atomic E-state index is 12.6. The van der Waals surface area contributed by atoms with Gasteiger partial charge in [0.25, 0.3) is 5.91 Å². The van der Waals surface area contributed by atoms with E-state index in [-0.39, 0.29) is 17.5 Å². The molecule has 2 aromatic heterocycles. The number of aryl methyl sites for hydroxylation is 1. The average molecular weight is 378 g/mol. The smallest absolute Gasteiger partial charge is 0.337 e. The Hall–Kier alpha value is -3.29. The van der Waals surface area contributed by atoms with Crippen molar-refractivity contribution in [3.05, 3.63) is 76.2 Å². The van der Waals surface area contributed by atoms with Crippen LogP contribution in [0.15, 0.2) is 53.5 Å². The molecule has 0 spiro atoms. The topological polar surface area (TPSA) is 85.9 Å². The van der Waals surface area contributed by atoms with Crippen LogP contribution in [0.4, 0.5) is 0 Å². The van der Waals surface area contributed by atoms with Crippen LogP contribution in [0, 0.1) is 0 Å². The fourth-order valence-corrected chi connectivity index (χ4v) is 3.66. The number of carbonyl (C=O) groups excluding carboxylic acids is 1. The van der Waals surface area contributed by atoms with E-state index in [0.29, 0.717) is 25.3 Å². The molecule has 3 aromatic rings. The lowest BCUT2D eigenvalue weighted by atomic mass is 9.95. The summed E-state index contributed by atoms with van der Waals surface area (Å²) in [4.78, 5) is 26.9. The van der Waals surface area contributed by atoms with Gasteiger partial charge in [0, 0.05) is 32.3 Å². The first-order valence-corrected chi connectivity index (χ1v) is 9.38. The van der Waals surface area contributed by atoms with Gasteiger partial charge in [0.05, 0.1) is 6.54 Å². The van der Waals surface area contributed by atoms with Gasteiger partial charge in [-0.15, -0.1) is 5.10 Å². The normalized spacial score (nSPS) is 15.0. The highest BCUT2D eigenvalue weighted by Crippen LogP contribution is 2.27. The van der Waals surface area contributed by atoms with E-state index in [1.807, 2.05) is 30.3 Å². The highest BCUT2D eigenvalue weighted by molar-refractivity contribution is 5.92. The van der Waals surface area contributed by atoms with Crippen LogP contribution >= 0.6 is 0 Å². The van der Waals surface area contributed by atoms with E-state index in [9.17, 15) is 9.59 Å². The van der Waals surface area contributed by atoms with Gasteiger partial charge in [0.2, 0.25) is 0 Å². The monoisotopic (exact) mass is 378 g/mol. The van der Waals surface area contributed by atoms with E-state index in [4.69, 9.17) is 0 Å². The molecule has 1 fully saturated rings. The van der Waals surface area contributed by atoms with E-state index in [1.165, 1.54) is 4.68 Å². The highest BCUT2D eigenvalue weighted by atomic mass is 16.2. The standard InChI is InChI=1S/C20H22N6O2/c1-24-20(28)26(14-15-6-3-2-4-7-15)18(23-24)16-9-12-25(13-10-16)19(27)17-8-5-11-21-22-17/h2-8,11,16H,9-10,12-14H2,1H3. The van der Waals surface area contributed by atoms with E-state index in [1.54, 1.807) is 34.8 Å². The van der Waals surface area contributed by atoms with Gasteiger partial charge in [-0.1, -0.05) is 30.3 Å². The van der Waals surface area contributed by atoms with Gasteiger partial charge >= 0.3 is 5.69 Å². The molecule has 1 amide bonds. The fourth-order valence-electron chi connectivity index (χ4n) is 3.66. The van der Waals surface area contributed by atoms with E-state index in [0.717, 1.165) is 24.2 Å². The van der Waals surface area contributed by atoms with E-state index >= 15 is 0 Å². The van der Waals surface area contributed by atoms with Crippen LogP contribution in [-0.2, 0) is 13.6 Å². The summed E-state index contributed by atoms with van der Waals surface area (Å²) < 4.78 is 3.15. The predicted molar refractivity (Wildman–Crippen MR) is 103 cm³/mol. The Kier molecular flexibility index (Phi) is 5.01. The summed E-state index contributed by atoms with van der Waals surface area (Å²) in [7, 11) is 1.68. The molecule has 0 unspecified atom stereocenters. The van der Waals surface area contributed by atoms with Crippen LogP contribution in [0.2, 0.25) is 0 Å². The molecule has 0 saturated carbocycles. The third-order valence-corrected chi connectivity index (χ3v) is 5.16. The Morgan fingerprint density at radius 3 is 2.54 bits per heavy atom. The van der Waals surface area contributed by atoms with Gasteiger partial charge in [0.1, 0.15) is 5.82 Å². The molecule has 0 aliphatic carbocycles. The van der Waals surface area contributed by atoms with Crippen molar-refractivity contribution in [2.24, 2.45) is 7.05 Å². The van der Waals surface area contributed by atoms with Crippen LogP contribution in [0.25, 0.3) is 0 Å². The van der Waals surface area contributed by atoms with Crippen molar-refractivity contribution in [3.63, 3.8) is 0 Å². The number of aromatic nitrogens is 5. The molecule has 1 aromatic carbocycles. The Morgan fingerprint density at radius 1 is 1.11 bits per heavy atom. The largest absolute Gasteiger partial charge is 0.345 e. The first kappa shape index (κ1) is 18.1. The van der Waals surface area contributed by atoms with Crippen molar-refractivity contribution in [2.75, 3.05) is 13.1 Å². The molecule has 3 heterocycles. The molecular formula is C20H22N6O2. The second-order valence-electron chi connectivity index (χ2n) is 7.01. The number of rotatable bonds is 4. The molecule has 0 bridgehead atoms. The second-order valence-corrected chi connectivity index (χ2v) is 7.01. The molecule has 1 aliphatic heterocycles. The van der Waals surface area contributed by atoms with Gasteiger partial charge in [-0.25, -0.2) is 9.48 Å². The minimum atomic E-state index is -0.114. The first-order chi connectivity index (χ1) is 13.6. The molecule has 1 saturated heterocycles. The Labute approximate surface area is 162 Å². The third-order valence-electron chi connectivity index (χ3n) is 5.16. The zero-order valence-electron chi connectivity index (χ0n) is 15.7. The molecule has 28 heavy (non-hydrogen) atoms. The SMILES string of the molecule is Cn1nc(C2CCN(C(=O)c3cccnn3)CC2)n(Cc2ccccc2)c1=O. The summed E-state index contributed by atoms with van der Waals surface area (Å²) in [6.07, 6.45) is 3.07. The molecule has 4 rings (SSSR count). The molecule has 8 heteroatoms. The number of likely N-dealkylation sites (tertiary alicyclic amines) is 1. The molecule has 144 valence electrons. The molecule has 8 nitrogen and oxygen atoms in total. The Balaban J connectivity index is 1.50. The van der Waals surface area contributed by atoms with Gasteiger partial charge in [0.15, 0.2) is 5.69 Å². The average Bonchev–Trinajstić information content (AvgIpc) is 3.03. The van der Waals surface area contributed by atoms with E-state index in [2.05, 4.69) is 15.3 Å². The second kappa shape index (κ2) is 7.75. The fraction of sp³-hybridized carbons (Fsp3) is 0.350. The minimum absolute atomic E-state index is 0.103. The van der Waals surface area contributed by atoms with Crippen molar-refractivity contribution in [3.8, 4) is 0 Å². The van der Waals surface area contributed by atoms with Crippen molar-refractivity contribution in [2.45, 2.75) is 25.3 Å². The van der Waals surface area contributed by atoms with Gasteiger partial charge < -0.3 is 4.90 Å². The molecule has 0 radical (unpaired) electrons. The summed E-state index contributed by atoms with van der Waals surface area (Å²) in [5, 5.41) is 12.2. The van der Waals surface area contributed by atoms with Crippen molar-refractivity contribution < 1.29 is 4.79 Å². The number of nitrogens with zero attached hydrogens (tertiary/aromatic N) is 6. The molecule has 0 N–H and O–H groups in total. The maximum Gasteiger partial charge on any atom is 0.345 e. The quantitative estimate of drug-likeness (QED) is 0.686. The summed E-state index contributed by atoms with van der Waals surface area (Å²) in [5.41, 5.74) is 1.31. The number of hydrogen-bond donors (Lipinski definition) is 0. The lowest BCUT2D eigenvalue weighted by Gasteiger charge is -2.31. The maximum atomic E-state index is 12.6. The number of hydrogen-bond acceptors (Lipinski definition) is 5. The van der Waals surface area contributed by atoms with Gasteiger partial charge in [-0.3, -0.25) is 9.36 Å². The zero-order chi connectivity index (χ0) is 19.5. The van der Waals surface area contributed by atoms with Crippen molar-refractivity contribution in [1.82, 2.24) is 29.4 Å². The number of carbonyl (C=O) groups is 1. The summed E-state index contributed by atoms with van der Waals surface area (Å²) in [5.74, 6) is 0.834. The van der Waals surface area contributed by atoms with Crippen LogP contribution in [0.3, 0.4) is 0 Å². The van der Waals surface area contributed by atoms with Gasteiger partial charge in [-0.2, -0.15) is 10.2 Å². The van der Waals surface area contributed by atoms with Crippen molar-refractivity contribution >= 4 is 5.91 Å². The Morgan fingerprint density at radius 2 is 1.86 bits per heavy atom. The van der Waals surface area contributed by atoms with Crippen LogP contribution in [-0.4, -0.2) is 48.4 Å². The van der Waals surface area contributed by atoms with Crippen molar-refractivity contribution in [1.29, 1.82) is 0 Å². The number of benzene rings is 1. The number of piperidine rings is 1. The number of amides is 1. The Bertz CT molecular complexity index is 1000. The van der Waals surface area contributed by atoms with Crippen LogP contribution < -0.4 is 5.69 Å². The minimum Gasteiger partial charge on any atom is -0.337 e. The first-order valence-electron chi connectivity index (χ1n) is 9.38. The zero-order valence-corrected chi connectivity index (χ0v) is 15.7. The summed E-state index contributed by atoms with van der Waals surface area (Å²) in [6.45, 7) is 1.72.